The second kappa shape index (κ2) is 7.31. The molecular weight excluding hydrogens is 328 g/mol. The highest BCUT2D eigenvalue weighted by atomic mass is 28.1. The third-order valence-electron chi connectivity index (χ3n) is 5.59. The van der Waals surface area contributed by atoms with E-state index in [1.807, 2.05) is 0 Å². The van der Waals surface area contributed by atoms with E-state index >= 15 is 0 Å². The zero-order valence-electron chi connectivity index (χ0n) is 15.2. The SMILES string of the molecule is [SiH3]C(C1=CCC=C1)(c1ccccc1)C(c1ccccc1)c1ccccc1. The van der Waals surface area contributed by atoms with Gasteiger partial charge in [-0.25, -0.2) is 0 Å². The fourth-order valence-corrected chi connectivity index (χ4v) is 5.65. The normalized spacial score (nSPS) is 15.8. The molecule has 0 radical (unpaired) electrons. The third-order valence-corrected chi connectivity index (χ3v) is 7.32. The van der Waals surface area contributed by atoms with Gasteiger partial charge in [-0.3, -0.25) is 0 Å². The molecule has 3 aromatic rings. The van der Waals surface area contributed by atoms with Gasteiger partial charge < -0.3 is 0 Å². The lowest BCUT2D eigenvalue weighted by Crippen LogP contribution is -2.36. The Labute approximate surface area is 159 Å². The van der Waals surface area contributed by atoms with Gasteiger partial charge in [-0.2, -0.15) is 0 Å². The Balaban J connectivity index is 1.98. The van der Waals surface area contributed by atoms with Gasteiger partial charge in [0.2, 0.25) is 0 Å². The molecule has 0 bridgehead atoms. The fourth-order valence-electron chi connectivity index (χ4n) is 4.28. The minimum Gasteiger partial charge on any atom is -0.0804 e. The molecule has 128 valence electrons. The molecule has 0 nitrogen and oxygen atoms in total. The maximum atomic E-state index is 2.42. The minimum atomic E-state index is 0.0109. The van der Waals surface area contributed by atoms with E-state index in [1.165, 1.54) is 22.3 Å². The van der Waals surface area contributed by atoms with Crippen LogP contribution < -0.4 is 0 Å². The predicted octanol–water partition coefficient (Wildman–Crippen LogP) is 4.97. The summed E-state index contributed by atoms with van der Waals surface area (Å²) in [7, 11) is 1.03. The number of benzene rings is 3. The van der Waals surface area contributed by atoms with Crippen molar-refractivity contribution in [1.29, 1.82) is 0 Å². The maximum Gasteiger partial charge on any atom is 0.0230 e. The number of allylic oxidation sites excluding steroid dienone is 4. The van der Waals surface area contributed by atoms with Crippen molar-refractivity contribution in [3.8, 4) is 0 Å². The van der Waals surface area contributed by atoms with Gasteiger partial charge in [-0.05, 0) is 28.7 Å². The van der Waals surface area contributed by atoms with Gasteiger partial charge in [0.25, 0.3) is 0 Å². The van der Waals surface area contributed by atoms with Crippen molar-refractivity contribution in [2.45, 2.75) is 17.4 Å². The second-order valence-electron chi connectivity index (χ2n) is 7.12. The van der Waals surface area contributed by atoms with E-state index < -0.39 is 0 Å². The Morgan fingerprint density at radius 3 is 1.65 bits per heavy atom. The molecular formula is C25H24Si. The van der Waals surface area contributed by atoms with Crippen molar-refractivity contribution in [1.82, 2.24) is 0 Å². The molecule has 1 atom stereocenters. The summed E-state index contributed by atoms with van der Waals surface area (Å²) in [4.78, 5) is 0. The van der Waals surface area contributed by atoms with Gasteiger partial charge in [-0.1, -0.05) is 109 Å². The Morgan fingerprint density at radius 2 is 1.19 bits per heavy atom. The van der Waals surface area contributed by atoms with Gasteiger partial charge in [0, 0.05) is 21.2 Å². The molecule has 0 heterocycles. The largest absolute Gasteiger partial charge is 0.0804 e. The smallest absolute Gasteiger partial charge is 0.0230 e. The summed E-state index contributed by atoms with van der Waals surface area (Å²) in [6.07, 6.45) is 8.10. The molecule has 0 saturated carbocycles. The number of hydrogen-bond acceptors (Lipinski definition) is 0. The summed E-state index contributed by atoms with van der Waals surface area (Å²) in [5, 5.41) is 0.0109. The summed E-state index contributed by atoms with van der Waals surface area (Å²) in [5.74, 6) is 0.313. The van der Waals surface area contributed by atoms with Crippen LogP contribution in [0, 0.1) is 0 Å². The van der Waals surface area contributed by atoms with Crippen LogP contribution in [0.2, 0.25) is 0 Å². The van der Waals surface area contributed by atoms with E-state index in [2.05, 4.69) is 109 Å². The van der Waals surface area contributed by atoms with Gasteiger partial charge in [-0.15, -0.1) is 0 Å². The van der Waals surface area contributed by atoms with Crippen molar-refractivity contribution in [2.24, 2.45) is 0 Å². The van der Waals surface area contributed by atoms with Crippen molar-refractivity contribution in [3.05, 3.63) is 131 Å². The second-order valence-corrected chi connectivity index (χ2v) is 8.70. The van der Waals surface area contributed by atoms with Crippen LogP contribution in [-0.2, 0) is 5.04 Å². The van der Waals surface area contributed by atoms with Crippen molar-refractivity contribution in [3.63, 3.8) is 0 Å². The molecule has 3 aromatic carbocycles. The zero-order chi connectivity index (χ0) is 17.8. The van der Waals surface area contributed by atoms with Gasteiger partial charge in [0.15, 0.2) is 0 Å². The summed E-state index contributed by atoms with van der Waals surface area (Å²) in [6, 6.07) is 33.1. The molecule has 1 aliphatic carbocycles. The van der Waals surface area contributed by atoms with Gasteiger partial charge in [0.1, 0.15) is 0 Å². The van der Waals surface area contributed by atoms with E-state index in [9.17, 15) is 0 Å². The van der Waals surface area contributed by atoms with Crippen LogP contribution in [0.3, 0.4) is 0 Å². The highest BCUT2D eigenvalue weighted by Gasteiger charge is 2.40. The maximum absolute atomic E-state index is 2.42. The first-order valence-corrected chi connectivity index (χ1v) is 10.3. The summed E-state index contributed by atoms with van der Waals surface area (Å²) in [6.45, 7) is 0. The zero-order valence-corrected chi connectivity index (χ0v) is 17.2. The number of hydrogen-bond donors (Lipinski definition) is 0. The van der Waals surface area contributed by atoms with Crippen LogP contribution >= 0.6 is 0 Å². The van der Waals surface area contributed by atoms with E-state index in [4.69, 9.17) is 0 Å². The molecule has 4 rings (SSSR count). The lowest BCUT2D eigenvalue weighted by atomic mass is 9.72. The van der Waals surface area contributed by atoms with Crippen LogP contribution in [-0.4, -0.2) is 10.2 Å². The highest BCUT2D eigenvalue weighted by Crippen LogP contribution is 2.47. The van der Waals surface area contributed by atoms with Crippen molar-refractivity contribution >= 4 is 10.2 Å². The Hall–Kier alpha value is -2.64. The first-order chi connectivity index (χ1) is 12.8. The van der Waals surface area contributed by atoms with E-state index in [-0.39, 0.29) is 5.04 Å². The van der Waals surface area contributed by atoms with Gasteiger partial charge >= 0.3 is 0 Å². The van der Waals surface area contributed by atoms with Crippen LogP contribution in [0.25, 0.3) is 0 Å². The van der Waals surface area contributed by atoms with Crippen LogP contribution in [0.4, 0.5) is 0 Å². The molecule has 0 N–H and O–H groups in total. The van der Waals surface area contributed by atoms with Crippen molar-refractivity contribution in [2.75, 3.05) is 0 Å². The van der Waals surface area contributed by atoms with E-state index in [1.54, 1.807) is 0 Å². The molecule has 26 heavy (non-hydrogen) atoms. The quantitative estimate of drug-likeness (QED) is 0.569. The standard InChI is InChI=1S/C25H24Si/c26-25(23-18-10-11-19-23,22-16-8-3-9-17-22)24(20-12-4-1-5-13-20)21-14-6-2-7-15-21/h1-10,12-19,24H,11H2,26H3. The highest BCUT2D eigenvalue weighted by molar-refractivity contribution is 6.19. The topological polar surface area (TPSA) is 0 Å². The molecule has 0 spiro atoms. The van der Waals surface area contributed by atoms with Crippen molar-refractivity contribution < 1.29 is 0 Å². The summed E-state index contributed by atoms with van der Waals surface area (Å²) >= 11 is 0. The molecule has 0 amide bonds. The lowest BCUT2D eigenvalue weighted by Gasteiger charge is -2.40. The average Bonchev–Trinajstić information content (AvgIpc) is 3.26. The molecule has 0 aliphatic heterocycles. The molecule has 1 aliphatic rings. The first kappa shape index (κ1) is 16.8. The monoisotopic (exact) mass is 352 g/mol. The predicted molar refractivity (Wildman–Crippen MR) is 115 cm³/mol. The molecule has 1 unspecified atom stereocenters. The molecule has 0 saturated heterocycles. The Bertz CT molecular complexity index is 871. The van der Waals surface area contributed by atoms with Crippen LogP contribution in [0.15, 0.2) is 115 Å². The lowest BCUT2D eigenvalue weighted by molar-refractivity contribution is 0.622. The third kappa shape index (κ3) is 3.00. The fraction of sp³-hybridized carbons (Fsp3) is 0.120. The Kier molecular flexibility index (Phi) is 4.72. The average molecular weight is 353 g/mol. The first-order valence-electron chi connectivity index (χ1n) is 9.33. The van der Waals surface area contributed by atoms with Crippen LogP contribution in [0.5, 0.6) is 0 Å². The van der Waals surface area contributed by atoms with Gasteiger partial charge in [0.05, 0.1) is 0 Å². The summed E-state index contributed by atoms with van der Waals surface area (Å²) < 4.78 is 0. The van der Waals surface area contributed by atoms with E-state index in [0.717, 1.165) is 16.7 Å². The molecule has 1 heteroatoms. The minimum absolute atomic E-state index is 0.0109. The van der Waals surface area contributed by atoms with E-state index in [0.29, 0.717) is 5.92 Å². The molecule has 0 fully saturated rings. The Morgan fingerprint density at radius 1 is 0.692 bits per heavy atom. The number of rotatable bonds is 5. The summed E-state index contributed by atoms with van der Waals surface area (Å²) in [5.41, 5.74) is 5.66. The molecule has 0 aromatic heterocycles. The van der Waals surface area contributed by atoms with Crippen LogP contribution in [0.1, 0.15) is 29.0 Å².